The van der Waals surface area contributed by atoms with E-state index < -0.39 is 0 Å². The second kappa shape index (κ2) is 32.0. The monoisotopic (exact) mass is 1030 g/mol. The Balaban J connectivity index is 0.000000168. The summed E-state index contributed by atoms with van der Waals surface area (Å²) in [5, 5.41) is 29.2. The largest absolute Gasteiger partial charge is 0.373 e. The lowest BCUT2D eigenvalue weighted by Crippen LogP contribution is -2.10. The van der Waals surface area contributed by atoms with Gasteiger partial charge in [-0.2, -0.15) is 0 Å². The Morgan fingerprint density at radius 2 is 0.506 bits per heavy atom. The highest BCUT2D eigenvalue weighted by atomic mass is 15.1. The van der Waals surface area contributed by atoms with Gasteiger partial charge in [0.1, 0.15) is 52.4 Å². The quantitative estimate of drug-likeness (QED) is 0.0246. The van der Waals surface area contributed by atoms with Crippen LogP contribution in [0, 0.1) is 0 Å². The van der Waals surface area contributed by atoms with Gasteiger partial charge >= 0.3 is 0 Å². The summed E-state index contributed by atoms with van der Waals surface area (Å²) in [6.07, 6.45) is 9.68. The molecule has 0 radical (unpaired) electrons. The van der Waals surface area contributed by atoms with E-state index in [-0.39, 0.29) is 0 Å². The summed E-state index contributed by atoms with van der Waals surface area (Å²) in [7, 11) is 5.60. The minimum Gasteiger partial charge on any atom is -0.373 e. The van der Waals surface area contributed by atoms with Gasteiger partial charge in [-0.1, -0.05) is 54.6 Å². The average molecular weight is 1030 g/mol. The van der Waals surface area contributed by atoms with E-state index in [1.54, 1.807) is 6.20 Å². The third-order valence-corrected chi connectivity index (χ3v) is 11.5. The standard InChI is InChI=1S/2C20H24N6.C19H22N6/c1-21-18-8-5-10-20(26-18)24-15-12-17-7-4-9-19(25-17)23-14-11-16-6-2-3-13-22-16;1-21-18-8-4-7-17(25-18)12-15-24-20-10-5-9-19(26-20)23-14-11-16-6-2-3-13-22-16;1-20-17-8-5-10-18(25-17)22-13-11-15-7-4-9-19(24-15)23-14-16-6-2-3-12-21-16/h2-10,13H,11-12,14-15H2,1H3,(H,23,25)(H2,21,24,26);2-10,13H,11-12,14-15H2,1H3,(H,21,25)(H2,23,24,26);2-10,12H,11,13-14H2,1H3,(H,23,24)(H2,20,22,25). The Bertz CT molecular complexity index is 2920. The van der Waals surface area contributed by atoms with Gasteiger partial charge < -0.3 is 47.9 Å². The van der Waals surface area contributed by atoms with E-state index in [4.69, 9.17) is 0 Å². The van der Waals surface area contributed by atoms with Crippen molar-refractivity contribution in [2.45, 2.75) is 38.6 Å². The van der Waals surface area contributed by atoms with Crippen LogP contribution in [-0.4, -0.2) is 98.7 Å². The fraction of sp³-hybridized carbons (Fsp3) is 0.237. The number of pyridine rings is 9. The lowest BCUT2D eigenvalue weighted by Gasteiger charge is -2.09. The van der Waals surface area contributed by atoms with Gasteiger partial charge in [0, 0.05) is 133 Å². The molecule has 9 heterocycles. The number of hydrogen-bond acceptors (Lipinski definition) is 18. The minimum atomic E-state index is 0.663. The predicted molar refractivity (Wildman–Crippen MR) is 315 cm³/mol. The van der Waals surface area contributed by atoms with E-state index in [9.17, 15) is 0 Å². The van der Waals surface area contributed by atoms with Crippen molar-refractivity contribution < 1.29 is 0 Å². The molecule has 0 saturated heterocycles. The maximum absolute atomic E-state index is 4.66. The van der Waals surface area contributed by atoms with Gasteiger partial charge in [0.25, 0.3) is 0 Å². The molecule has 0 aliphatic heterocycles. The molecule has 0 unspecified atom stereocenters. The number of nitrogens with zero attached hydrogens (tertiary/aromatic N) is 9. The molecule has 0 saturated carbocycles. The first kappa shape index (κ1) is 55.3. The van der Waals surface area contributed by atoms with E-state index >= 15 is 0 Å². The Hall–Kier alpha value is -9.45. The average Bonchev–Trinajstić information content (AvgIpc) is 3.48. The zero-order chi connectivity index (χ0) is 53.4. The number of nitrogens with one attached hydrogen (secondary N) is 9. The highest BCUT2D eigenvalue weighted by molar-refractivity contribution is 5.47. The molecule has 9 N–H and O–H groups in total. The van der Waals surface area contributed by atoms with E-state index in [0.717, 1.165) is 151 Å². The van der Waals surface area contributed by atoms with E-state index in [0.29, 0.717) is 6.54 Å². The van der Waals surface area contributed by atoms with Crippen LogP contribution in [0.25, 0.3) is 0 Å². The van der Waals surface area contributed by atoms with Crippen molar-refractivity contribution in [1.82, 2.24) is 44.9 Å². The lowest BCUT2D eigenvalue weighted by atomic mass is 10.2. The van der Waals surface area contributed by atoms with Crippen LogP contribution in [0.15, 0.2) is 182 Å². The van der Waals surface area contributed by atoms with Crippen LogP contribution in [0.4, 0.5) is 52.4 Å². The molecule has 0 atom stereocenters. The van der Waals surface area contributed by atoms with Gasteiger partial charge in [0.15, 0.2) is 0 Å². The SMILES string of the molecule is CNc1cccc(CCNc2cccc(NCCc3ccccn3)n2)n1.CNc1cccc(NCCc2cccc(NCCc3ccccn3)n2)n1.CNc1cccc(NCCc2cccc(NCc3ccccn3)n2)n1. The second-order valence-corrected chi connectivity index (χ2v) is 17.2. The number of anilines is 9. The molecule has 18 heteroatoms. The number of hydrogen-bond donors (Lipinski definition) is 9. The molecule has 0 bridgehead atoms. The minimum absolute atomic E-state index is 0.663. The first-order chi connectivity index (χ1) is 38.0. The zero-order valence-electron chi connectivity index (χ0n) is 44.1. The molecule has 0 fully saturated rings. The van der Waals surface area contributed by atoms with Crippen molar-refractivity contribution in [3.63, 3.8) is 0 Å². The maximum atomic E-state index is 4.66. The van der Waals surface area contributed by atoms with Gasteiger partial charge in [0.2, 0.25) is 0 Å². The maximum Gasteiger partial charge on any atom is 0.128 e. The molecule has 0 aromatic carbocycles. The van der Waals surface area contributed by atoms with Crippen LogP contribution >= 0.6 is 0 Å². The fourth-order valence-corrected chi connectivity index (χ4v) is 7.54. The summed E-state index contributed by atoms with van der Waals surface area (Å²) in [6, 6.07) is 53.6. The Kier molecular flexibility index (Phi) is 23.0. The van der Waals surface area contributed by atoms with Crippen molar-refractivity contribution in [2.24, 2.45) is 0 Å². The summed E-state index contributed by atoms with van der Waals surface area (Å²) >= 11 is 0. The summed E-state index contributed by atoms with van der Waals surface area (Å²) in [5.74, 6) is 7.79. The first-order valence-electron chi connectivity index (χ1n) is 26.0. The fourth-order valence-electron chi connectivity index (χ4n) is 7.54. The molecule has 0 spiro atoms. The van der Waals surface area contributed by atoms with E-state index in [2.05, 4.69) is 92.7 Å². The van der Waals surface area contributed by atoms with Crippen molar-refractivity contribution in [3.8, 4) is 0 Å². The van der Waals surface area contributed by atoms with Crippen molar-refractivity contribution in [1.29, 1.82) is 0 Å². The molecule has 0 aliphatic carbocycles. The normalized spacial score (nSPS) is 10.3. The Morgan fingerprint density at radius 3 is 0.857 bits per heavy atom. The highest BCUT2D eigenvalue weighted by Crippen LogP contribution is 2.14. The van der Waals surface area contributed by atoms with Crippen LogP contribution in [0.3, 0.4) is 0 Å². The molecule has 9 aromatic heterocycles. The topological polar surface area (TPSA) is 224 Å². The van der Waals surface area contributed by atoms with Gasteiger partial charge in [-0.3, -0.25) is 15.0 Å². The molecule has 77 heavy (non-hydrogen) atoms. The number of rotatable bonds is 26. The van der Waals surface area contributed by atoms with Gasteiger partial charge in [-0.15, -0.1) is 0 Å². The van der Waals surface area contributed by atoms with Gasteiger partial charge in [-0.05, 0) is 109 Å². The number of aromatic nitrogens is 9. The van der Waals surface area contributed by atoms with Crippen LogP contribution in [-0.2, 0) is 38.6 Å². The molecule has 18 nitrogen and oxygen atoms in total. The van der Waals surface area contributed by atoms with E-state index in [1.165, 1.54) is 0 Å². The van der Waals surface area contributed by atoms with Crippen molar-refractivity contribution in [3.05, 3.63) is 217 Å². The van der Waals surface area contributed by atoms with Crippen LogP contribution in [0.5, 0.6) is 0 Å². The van der Waals surface area contributed by atoms with E-state index in [1.807, 2.05) is 197 Å². The molecule has 396 valence electrons. The lowest BCUT2D eigenvalue weighted by molar-refractivity contribution is 0.929. The Morgan fingerprint density at radius 1 is 0.247 bits per heavy atom. The Labute approximate surface area is 452 Å². The summed E-state index contributed by atoms with van der Waals surface area (Å²) < 4.78 is 0. The van der Waals surface area contributed by atoms with Crippen LogP contribution in [0.2, 0.25) is 0 Å². The third-order valence-electron chi connectivity index (χ3n) is 11.5. The van der Waals surface area contributed by atoms with Crippen LogP contribution < -0.4 is 47.9 Å². The third kappa shape index (κ3) is 20.8. The summed E-state index contributed by atoms with van der Waals surface area (Å²) in [4.78, 5) is 40.3. The highest BCUT2D eigenvalue weighted by Gasteiger charge is 2.05. The van der Waals surface area contributed by atoms with Gasteiger partial charge in [0.05, 0.1) is 12.2 Å². The second-order valence-electron chi connectivity index (χ2n) is 17.2. The first-order valence-corrected chi connectivity index (χ1v) is 26.0. The van der Waals surface area contributed by atoms with Crippen molar-refractivity contribution >= 4 is 52.4 Å². The predicted octanol–water partition coefficient (Wildman–Crippen LogP) is 9.62. The van der Waals surface area contributed by atoms with Crippen LogP contribution in [0.1, 0.15) is 34.2 Å². The molecule has 9 rings (SSSR count). The smallest absolute Gasteiger partial charge is 0.128 e. The molecule has 9 aromatic rings. The van der Waals surface area contributed by atoms with Gasteiger partial charge in [-0.25, -0.2) is 29.9 Å². The zero-order valence-corrected chi connectivity index (χ0v) is 44.1. The molecule has 0 aliphatic rings. The molecule has 0 amide bonds. The summed E-state index contributed by atoms with van der Waals surface area (Å²) in [6.45, 7) is 4.61. The molecular formula is C59H70N18. The summed E-state index contributed by atoms with van der Waals surface area (Å²) in [5.41, 5.74) is 6.27. The van der Waals surface area contributed by atoms with Crippen molar-refractivity contribution in [2.75, 3.05) is 102 Å². The molecular weight excluding hydrogens is 961 g/mol.